The Kier molecular flexibility index (Phi) is 7.47. The molecule has 0 fully saturated rings. The molecule has 19 heavy (non-hydrogen) atoms. The minimum absolute atomic E-state index is 0.0540. The quantitative estimate of drug-likeness (QED) is 0.723. The number of rotatable bonds is 8. The van der Waals surface area contributed by atoms with Crippen LogP contribution in [-0.2, 0) is 0 Å². The Morgan fingerprint density at radius 1 is 1.32 bits per heavy atom. The summed E-state index contributed by atoms with van der Waals surface area (Å²) in [6.07, 6.45) is 4.97. The molecule has 1 aromatic carbocycles. The SMILES string of the molecule is CCCCC(CC)COc1ccc([C@@H](C)N)cc1Br. The van der Waals surface area contributed by atoms with Crippen LogP contribution in [0.3, 0.4) is 0 Å². The van der Waals surface area contributed by atoms with Crippen molar-refractivity contribution in [2.75, 3.05) is 6.61 Å². The summed E-state index contributed by atoms with van der Waals surface area (Å²) in [6, 6.07) is 6.15. The number of hydrogen-bond donors (Lipinski definition) is 1. The molecule has 2 nitrogen and oxygen atoms in total. The highest BCUT2D eigenvalue weighted by Crippen LogP contribution is 2.28. The van der Waals surface area contributed by atoms with E-state index in [1.807, 2.05) is 25.1 Å². The van der Waals surface area contributed by atoms with Crippen LogP contribution >= 0.6 is 15.9 Å². The van der Waals surface area contributed by atoms with Crippen LogP contribution in [0.2, 0.25) is 0 Å². The van der Waals surface area contributed by atoms with E-state index in [0.29, 0.717) is 5.92 Å². The summed E-state index contributed by atoms with van der Waals surface area (Å²) in [7, 11) is 0. The zero-order valence-corrected chi connectivity index (χ0v) is 13.9. The van der Waals surface area contributed by atoms with Gasteiger partial charge in [-0.1, -0.05) is 39.2 Å². The minimum atomic E-state index is 0.0540. The predicted molar refractivity (Wildman–Crippen MR) is 85.5 cm³/mol. The van der Waals surface area contributed by atoms with Crippen molar-refractivity contribution in [2.24, 2.45) is 11.7 Å². The smallest absolute Gasteiger partial charge is 0.133 e. The third kappa shape index (κ3) is 5.53. The first-order valence-corrected chi connectivity index (χ1v) is 8.05. The molecule has 0 bridgehead atoms. The average molecular weight is 328 g/mol. The molecule has 1 rings (SSSR count). The standard InChI is InChI=1S/C16H26BrNO/c1-4-6-7-13(5-2)11-19-16-9-8-14(12(3)18)10-15(16)17/h8-10,12-13H,4-7,11,18H2,1-3H3/t12-,13?/m1/s1. The van der Waals surface area contributed by atoms with Gasteiger partial charge in [-0.3, -0.25) is 0 Å². The molecule has 1 aromatic rings. The average Bonchev–Trinajstić information content (AvgIpc) is 2.40. The van der Waals surface area contributed by atoms with Gasteiger partial charge < -0.3 is 10.5 Å². The largest absolute Gasteiger partial charge is 0.492 e. The van der Waals surface area contributed by atoms with Gasteiger partial charge in [0.1, 0.15) is 5.75 Å². The van der Waals surface area contributed by atoms with E-state index < -0.39 is 0 Å². The summed E-state index contributed by atoms with van der Waals surface area (Å²) < 4.78 is 6.93. The summed E-state index contributed by atoms with van der Waals surface area (Å²) in [6.45, 7) is 7.25. The lowest BCUT2D eigenvalue weighted by Crippen LogP contribution is -2.12. The van der Waals surface area contributed by atoms with Gasteiger partial charge >= 0.3 is 0 Å². The molecule has 0 aliphatic rings. The maximum absolute atomic E-state index is 5.93. The van der Waals surface area contributed by atoms with Gasteiger partial charge in [0.2, 0.25) is 0 Å². The van der Waals surface area contributed by atoms with Gasteiger partial charge in [0.05, 0.1) is 11.1 Å². The fraction of sp³-hybridized carbons (Fsp3) is 0.625. The highest BCUT2D eigenvalue weighted by atomic mass is 79.9. The van der Waals surface area contributed by atoms with Crippen LogP contribution in [0.1, 0.15) is 58.1 Å². The molecule has 0 radical (unpaired) electrons. The monoisotopic (exact) mass is 327 g/mol. The van der Waals surface area contributed by atoms with Crippen molar-refractivity contribution >= 4 is 15.9 Å². The van der Waals surface area contributed by atoms with Crippen molar-refractivity contribution in [3.8, 4) is 5.75 Å². The molecule has 0 amide bonds. The lowest BCUT2D eigenvalue weighted by atomic mass is 10.0. The first kappa shape index (κ1) is 16.5. The fourth-order valence-electron chi connectivity index (χ4n) is 2.02. The molecule has 0 saturated carbocycles. The third-order valence-corrected chi connectivity index (χ3v) is 4.12. The zero-order chi connectivity index (χ0) is 14.3. The normalized spacial score (nSPS) is 14.2. The van der Waals surface area contributed by atoms with Gasteiger partial charge in [-0.05, 0) is 52.9 Å². The van der Waals surface area contributed by atoms with E-state index in [0.717, 1.165) is 22.4 Å². The second kappa shape index (κ2) is 8.60. The second-order valence-electron chi connectivity index (χ2n) is 5.21. The van der Waals surface area contributed by atoms with Crippen LogP contribution in [0.4, 0.5) is 0 Å². The van der Waals surface area contributed by atoms with E-state index >= 15 is 0 Å². The molecule has 0 heterocycles. The first-order chi connectivity index (χ1) is 9.08. The third-order valence-electron chi connectivity index (χ3n) is 3.50. The number of ether oxygens (including phenoxy) is 1. The molecule has 108 valence electrons. The molecule has 2 atom stereocenters. The van der Waals surface area contributed by atoms with E-state index in [1.165, 1.54) is 25.7 Å². The van der Waals surface area contributed by atoms with E-state index in [2.05, 4.69) is 29.8 Å². The molecule has 0 spiro atoms. The topological polar surface area (TPSA) is 35.2 Å². The summed E-state index contributed by atoms with van der Waals surface area (Å²) in [5.74, 6) is 1.57. The molecule has 0 saturated heterocycles. The van der Waals surface area contributed by atoms with Gasteiger partial charge in [0.25, 0.3) is 0 Å². The van der Waals surface area contributed by atoms with Crippen LogP contribution in [0, 0.1) is 5.92 Å². The molecule has 3 heteroatoms. The maximum atomic E-state index is 5.93. The van der Waals surface area contributed by atoms with Crippen molar-refractivity contribution in [1.82, 2.24) is 0 Å². The molecule has 0 aliphatic heterocycles. The summed E-state index contributed by atoms with van der Waals surface area (Å²) in [5.41, 5.74) is 6.99. The van der Waals surface area contributed by atoms with Crippen LogP contribution in [0.15, 0.2) is 22.7 Å². The van der Waals surface area contributed by atoms with Crippen molar-refractivity contribution in [3.05, 3.63) is 28.2 Å². The van der Waals surface area contributed by atoms with E-state index in [-0.39, 0.29) is 6.04 Å². The molecule has 2 N–H and O–H groups in total. The van der Waals surface area contributed by atoms with E-state index in [9.17, 15) is 0 Å². The molecular weight excluding hydrogens is 302 g/mol. The van der Waals surface area contributed by atoms with Crippen molar-refractivity contribution in [1.29, 1.82) is 0 Å². The van der Waals surface area contributed by atoms with Gasteiger partial charge in [-0.15, -0.1) is 0 Å². The molecule has 1 unspecified atom stereocenters. The van der Waals surface area contributed by atoms with Crippen molar-refractivity contribution < 1.29 is 4.74 Å². The number of unbranched alkanes of at least 4 members (excludes halogenated alkanes) is 1. The Balaban J connectivity index is 2.57. The molecular formula is C16H26BrNO. The van der Waals surface area contributed by atoms with E-state index in [1.54, 1.807) is 0 Å². The summed E-state index contributed by atoms with van der Waals surface area (Å²) in [4.78, 5) is 0. The number of nitrogens with two attached hydrogens (primary N) is 1. The highest BCUT2D eigenvalue weighted by Gasteiger charge is 2.09. The predicted octanol–water partition coefficient (Wildman–Crippen LogP) is 5.06. The van der Waals surface area contributed by atoms with Crippen LogP contribution < -0.4 is 10.5 Å². The fourth-order valence-corrected chi connectivity index (χ4v) is 2.53. The number of halogens is 1. The van der Waals surface area contributed by atoms with Gasteiger partial charge in [-0.2, -0.15) is 0 Å². The zero-order valence-electron chi connectivity index (χ0n) is 12.3. The van der Waals surface area contributed by atoms with Crippen LogP contribution in [0.5, 0.6) is 5.75 Å². The van der Waals surface area contributed by atoms with Gasteiger partial charge in [0, 0.05) is 6.04 Å². The summed E-state index contributed by atoms with van der Waals surface area (Å²) in [5, 5.41) is 0. The Labute approximate surface area is 125 Å². The first-order valence-electron chi connectivity index (χ1n) is 7.26. The lowest BCUT2D eigenvalue weighted by Gasteiger charge is -2.17. The van der Waals surface area contributed by atoms with Crippen molar-refractivity contribution in [2.45, 2.75) is 52.5 Å². The maximum Gasteiger partial charge on any atom is 0.133 e. The lowest BCUT2D eigenvalue weighted by molar-refractivity contribution is 0.232. The highest BCUT2D eigenvalue weighted by molar-refractivity contribution is 9.10. The van der Waals surface area contributed by atoms with Gasteiger partial charge in [0.15, 0.2) is 0 Å². The number of benzene rings is 1. The Morgan fingerprint density at radius 3 is 2.58 bits per heavy atom. The summed E-state index contributed by atoms with van der Waals surface area (Å²) >= 11 is 3.56. The Morgan fingerprint density at radius 2 is 2.05 bits per heavy atom. The Bertz CT molecular complexity index is 379. The molecule has 0 aromatic heterocycles. The van der Waals surface area contributed by atoms with Gasteiger partial charge in [-0.25, -0.2) is 0 Å². The van der Waals surface area contributed by atoms with Crippen LogP contribution in [0.25, 0.3) is 0 Å². The number of hydrogen-bond acceptors (Lipinski definition) is 2. The minimum Gasteiger partial charge on any atom is -0.492 e. The van der Waals surface area contributed by atoms with Crippen molar-refractivity contribution in [3.63, 3.8) is 0 Å². The second-order valence-corrected chi connectivity index (χ2v) is 6.06. The van der Waals surface area contributed by atoms with Crippen LogP contribution in [-0.4, -0.2) is 6.61 Å². The van der Waals surface area contributed by atoms with E-state index in [4.69, 9.17) is 10.5 Å². The Hall–Kier alpha value is -0.540. The molecule has 0 aliphatic carbocycles.